The number of amides is 1. The normalized spacial score (nSPS) is 10.1. The zero-order valence-corrected chi connectivity index (χ0v) is 12.8. The maximum Gasteiger partial charge on any atom is 0.274 e. The molecule has 2 aromatic rings. The van der Waals surface area contributed by atoms with E-state index in [4.69, 9.17) is 32.7 Å². The van der Waals surface area contributed by atoms with E-state index in [0.29, 0.717) is 27.2 Å². The second-order valence-electron chi connectivity index (χ2n) is 4.00. The van der Waals surface area contributed by atoms with E-state index in [1.165, 1.54) is 26.5 Å². The molecule has 110 valence electrons. The first-order valence-electron chi connectivity index (χ1n) is 5.89. The van der Waals surface area contributed by atoms with Gasteiger partial charge in [-0.25, -0.2) is 0 Å². The van der Waals surface area contributed by atoms with E-state index in [2.05, 4.69) is 10.3 Å². The average Bonchev–Trinajstić information content (AvgIpc) is 2.48. The lowest BCUT2D eigenvalue weighted by Crippen LogP contribution is -2.14. The van der Waals surface area contributed by atoms with E-state index in [1.807, 2.05) is 0 Å². The van der Waals surface area contributed by atoms with Crippen LogP contribution in [0.4, 0.5) is 5.69 Å². The molecule has 5 nitrogen and oxygen atoms in total. The van der Waals surface area contributed by atoms with Crippen LogP contribution in [0, 0.1) is 0 Å². The number of halogens is 2. The van der Waals surface area contributed by atoms with Crippen LogP contribution in [0.25, 0.3) is 0 Å². The maximum atomic E-state index is 12.1. The van der Waals surface area contributed by atoms with Crippen LogP contribution < -0.4 is 14.8 Å². The van der Waals surface area contributed by atoms with E-state index >= 15 is 0 Å². The molecule has 1 amide bonds. The number of carbonyl (C=O) groups is 1. The second-order valence-corrected chi connectivity index (χ2v) is 4.84. The fourth-order valence-electron chi connectivity index (χ4n) is 1.67. The highest BCUT2D eigenvalue weighted by Crippen LogP contribution is 2.36. The Morgan fingerprint density at radius 3 is 2.43 bits per heavy atom. The maximum absolute atomic E-state index is 12.1. The van der Waals surface area contributed by atoms with Gasteiger partial charge in [0.2, 0.25) is 0 Å². The zero-order valence-electron chi connectivity index (χ0n) is 11.3. The van der Waals surface area contributed by atoms with Gasteiger partial charge in [-0.15, -0.1) is 0 Å². The summed E-state index contributed by atoms with van der Waals surface area (Å²) in [5.74, 6) is 0.504. The van der Waals surface area contributed by atoms with Gasteiger partial charge in [0.1, 0.15) is 5.69 Å². The lowest BCUT2D eigenvalue weighted by atomic mass is 10.2. The lowest BCUT2D eigenvalue weighted by molar-refractivity contribution is 0.102. The third-order valence-corrected chi connectivity index (χ3v) is 3.22. The Hall–Kier alpha value is -1.98. The topological polar surface area (TPSA) is 60.5 Å². The van der Waals surface area contributed by atoms with Crippen LogP contribution in [0.3, 0.4) is 0 Å². The molecule has 1 N–H and O–H groups in total. The highest BCUT2D eigenvalue weighted by molar-refractivity contribution is 6.34. The van der Waals surface area contributed by atoms with Crippen molar-refractivity contribution in [3.63, 3.8) is 0 Å². The van der Waals surface area contributed by atoms with Crippen molar-refractivity contribution < 1.29 is 14.3 Å². The molecule has 0 radical (unpaired) electrons. The van der Waals surface area contributed by atoms with Crippen LogP contribution >= 0.6 is 23.2 Å². The summed E-state index contributed by atoms with van der Waals surface area (Å²) < 4.78 is 10.3. The molecule has 0 saturated heterocycles. The largest absolute Gasteiger partial charge is 0.493 e. The molecular weight excluding hydrogens is 315 g/mol. The molecule has 1 heterocycles. The minimum atomic E-state index is -0.424. The number of anilines is 1. The first kappa shape index (κ1) is 15.4. The molecule has 2 rings (SSSR count). The molecule has 0 aliphatic heterocycles. The van der Waals surface area contributed by atoms with E-state index in [-0.39, 0.29) is 5.69 Å². The Labute approximate surface area is 131 Å². The Kier molecular flexibility index (Phi) is 4.88. The monoisotopic (exact) mass is 326 g/mol. The number of hydrogen-bond donors (Lipinski definition) is 1. The summed E-state index contributed by atoms with van der Waals surface area (Å²) in [6, 6.07) is 6.18. The standard InChI is InChI=1S/C14H12Cl2N2O3/c1-20-12-6-9(16)10(7-13(12)21-2)18-14(19)11-5-8(15)3-4-17-11/h3-7H,1-2H3,(H,18,19). The van der Waals surface area contributed by atoms with Gasteiger partial charge in [-0.2, -0.15) is 0 Å². The van der Waals surface area contributed by atoms with Crippen molar-refractivity contribution in [3.05, 3.63) is 46.2 Å². The summed E-state index contributed by atoms with van der Waals surface area (Å²) in [5.41, 5.74) is 0.578. The summed E-state index contributed by atoms with van der Waals surface area (Å²) in [7, 11) is 3.00. The van der Waals surface area contributed by atoms with Crippen molar-refractivity contribution >= 4 is 34.8 Å². The Bertz CT molecular complexity index is 677. The Morgan fingerprint density at radius 1 is 1.14 bits per heavy atom. The van der Waals surface area contributed by atoms with Gasteiger partial charge in [-0.3, -0.25) is 9.78 Å². The number of pyridine rings is 1. The highest BCUT2D eigenvalue weighted by Gasteiger charge is 2.14. The summed E-state index contributed by atoms with van der Waals surface area (Å²) in [5, 5.41) is 3.40. The fraction of sp³-hybridized carbons (Fsp3) is 0.143. The van der Waals surface area contributed by atoms with Crippen molar-refractivity contribution in [1.29, 1.82) is 0 Å². The highest BCUT2D eigenvalue weighted by atomic mass is 35.5. The van der Waals surface area contributed by atoms with E-state index in [1.54, 1.807) is 18.2 Å². The number of nitrogens with zero attached hydrogens (tertiary/aromatic N) is 1. The zero-order chi connectivity index (χ0) is 15.4. The molecule has 0 spiro atoms. The van der Waals surface area contributed by atoms with Crippen molar-refractivity contribution in [1.82, 2.24) is 4.98 Å². The number of hydrogen-bond acceptors (Lipinski definition) is 4. The molecule has 0 fully saturated rings. The molecule has 21 heavy (non-hydrogen) atoms. The molecule has 0 saturated carbocycles. The lowest BCUT2D eigenvalue weighted by Gasteiger charge is -2.12. The molecule has 0 aliphatic carbocycles. The van der Waals surface area contributed by atoms with Crippen molar-refractivity contribution in [3.8, 4) is 11.5 Å². The van der Waals surface area contributed by atoms with Gasteiger partial charge >= 0.3 is 0 Å². The van der Waals surface area contributed by atoms with Crippen molar-refractivity contribution in [2.24, 2.45) is 0 Å². The molecule has 1 aromatic carbocycles. The van der Waals surface area contributed by atoms with Gasteiger partial charge in [0.05, 0.1) is 24.9 Å². The predicted molar refractivity (Wildman–Crippen MR) is 81.8 cm³/mol. The van der Waals surface area contributed by atoms with Crippen molar-refractivity contribution in [2.45, 2.75) is 0 Å². The SMILES string of the molecule is COc1cc(Cl)c(NC(=O)c2cc(Cl)ccn2)cc1OC. The minimum Gasteiger partial charge on any atom is -0.493 e. The van der Waals surface area contributed by atoms with E-state index < -0.39 is 5.91 Å². The molecule has 0 atom stereocenters. The summed E-state index contributed by atoms with van der Waals surface area (Å²) >= 11 is 11.9. The van der Waals surface area contributed by atoms with Crippen LogP contribution in [-0.4, -0.2) is 25.1 Å². The van der Waals surface area contributed by atoms with Gasteiger partial charge in [0, 0.05) is 23.4 Å². The number of ether oxygens (including phenoxy) is 2. The first-order valence-corrected chi connectivity index (χ1v) is 6.65. The van der Waals surface area contributed by atoms with Gasteiger partial charge in [-0.05, 0) is 12.1 Å². The third-order valence-electron chi connectivity index (χ3n) is 2.68. The Balaban J connectivity index is 2.29. The van der Waals surface area contributed by atoms with Crippen LogP contribution in [0.1, 0.15) is 10.5 Å². The molecule has 7 heteroatoms. The van der Waals surface area contributed by atoms with Gasteiger partial charge in [0.15, 0.2) is 11.5 Å². The third kappa shape index (κ3) is 3.56. The van der Waals surface area contributed by atoms with Crippen molar-refractivity contribution in [2.75, 3.05) is 19.5 Å². The quantitative estimate of drug-likeness (QED) is 0.931. The smallest absolute Gasteiger partial charge is 0.274 e. The summed E-state index contributed by atoms with van der Waals surface area (Å²) in [6.45, 7) is 0. The average molecular weight is 327 g/mol. The number of aromatic nitrogens is 1. The van der Waals surface area contributed by atoms with Gasteiger partial charge in [-0.1, -0.05) is 23.2 Å². The van der Waals surface area contributed by atoms with Crippen LogP contribution in [-0.2, 0) is 0 Å². The van der Waals surface area contributed by atoms with Gasteiger partial charge < -0.3 is 14.8 Å². The van der Waals surface area contributed by atoms with E-state index in [9.17, 15) is 4.79 Å². The molecular formula is C14H12Cl2N2O3. The van der Waals surface area contributed by atoms with E-state index in [0.717, 1.165) is 0 Å². The number of rotatable bonds is 4. The molecule has 0 unspecified atom stereocenters. The Morgan fingerprint density at radius 2 is 1.81 bits per heavy atom. The summed E-state index contributed by atoms with van der Waals surface area (Å²) in [4.78, 5) is 16.1. The number of methoxy groups -OCH3 is 2. The predicted octanol–water partition coefficient (Wildman–Crippen LogP) is 3.66. The first-order chi connectivity index (χ1) is 10.0. The fourth-order valence-corrected chi connectivity index (χ4v) is 2.03. The molecule has 1 aromatic heterocycles. The van der Waals surface area contributed by atoms with Gasteiger partial charge in [0.25, 0.3) is 5.91 Å². The van der Waals surface area contributed by atoms with Crippen LogP contribution in [0.5, 0.6) is 11.5 Å². The minimum absolute atomic E-state index is 0.188. The van der Waals surface area contributed by atoms with Crippen LogP contribution in [0.15, 0.2) is 30.5 Å². The number of carbonyl (C=O) groups excluding carboxylic acids is 1. The molecule has 0 bridgehead atoms. The number of nitrogens with one attached hydrogen (secondary N) is 1. The second kappa shape index (κ2) is 6.65. The van der Waals surface area contributed by atoms with Crippen LogP contribution in [0.2, 0.25) is 10.0 Å². The summed E-state index contributed by atoms with van der Waals surface area (Å²) in [6.07, 6.45) is 1.45. The molecule has 0 aliphatic rings. The number of benzene rings is 1.